The van der Waals surface area contributed by atoms with Crippen LogP contribution in [-0.4, -0.2) is 30.6 Å². The molecule has 0 spiro atoms. The van der Waals surface area contributed by atoms with Crippen molar-refractivity contribution in [3.8, 4) is 0 Å². The Kier molecular flexibility index (Phi) is 4.37. The largest absolute Gasteiger partial charge is 0.311 e. The third-order valence-electron chi connectivity index (χ3n) is 4.97. The summed E-state index contributed by atoms with van der Waals surface area (Å²) in [6.07, 6.45) is 4.13. The summed E-state index contributed by atoms with van der Waals surface area (Å²) in [6, 6.07) is 12.3. The van der Waals surface area contributed by atoms with Crippen LogP contribution in [-0.2, 0) is 0 Å². The molecule has 116 valence electrons. The van der Waals surface area contributed by atoms with E-state index in [2.05, 4.69) is 61.3 Å². The quantitative estimate of drug-likeness (QED) is 0.904. The highest BCUT2D eigenvalue weighted by atomic mass is 15.2. The van der Waals surface area contributed by atoms with Crippen molar-refractivity contribution in [2.45, 2.75) is 52.1 Å². The second kappa shape index (κ2) is 6.10. The summed E-state index contributed by atoms with van der Waals surface area (Å²) in [5.41, 5.74) is 1.88. The van der Waals surface area contributed by atoms with Gasteiger partial charge in [-0.25, -0.2) is 0 Å². The number of hydrogen-bond donors (Lipinski definition) is 1. The van der Waals surface area contributed by atoms with E-state index in [1.807, 2.05) is 0 Å². The maximum atomic E-state index is 3.82. The van der Waals surface area contributed by atoms with Crippen LogP contribution in [0.4, 0.5) is 0 Å². The van der Waals surface area contributed by atoms with Gasteiger partial charge in [-0.05, 0) is 42.7 Å². The van der Waals surface area contributed by atoms with Crippen LogP contribution in [0.5, 0.6) is 0 Å². The van der Waals surface area contributed by atoms with Gasteiger partial charge in [-0.15, -0.1) is 0 Å². The van der Waals surface area contributed by atoms with Crippen molar-refractivity contribution in [3.05, 3.63) is 35.9 Å². The molecule has 2 aliphatic rings. The number of nitrogens with one attached hydrogen (secondary N) is 1. The van der Waals surface area contributed by atoms with Gasteiger partial charge in [-0.1, -0.05) is 51.1 Å². The highest BCUT2D eigenvalue weighted by Gasteiger charge is 2.37. The smallest absolute Gasteiger partial charge is 0.0473 e. The van der Waals surface area contributed by atoms with Crippen molar-refractivity contribution in [1.82, 2.24) is 10.2 Å². The lowest BCUT2D eigenvalue weighted by atomic mass is 9.90. The molecule has 1 aliphatic carbocycles. The second-order valence-corrected chi connectivity index (χ2v) is 8.08. The topological polar surface area (TPSA) is 15.3 Å². The summed E-state index contributed by atoms with van der Waals surface area (Å²) in [7, 11) is 0. The molecule has 1 heterocycles. The lowest BCUT2D eigenvalue weighted by Gasteiger charge is -2.42. The van der Waals surface area contributed by atoms with E-state index in [1.54, 1.807) is 0 Å². The summed E-state index contributed by atoms with van der Waals surface area (Å²) in [5.74, 6) is 0.943. The Labute approximate surface area is 129 Å². The molecule has 3 rings (SSSR count). The Morgan fingerprint density at radius 1 is 1.14 bits per heavy atom. The van der Waals surface area contributed by atoms with Gasteiger partial charge in [-0.3, -0.25) is 4.90 Å². The SMILES string of the molecule is CC(C)(C)CCN1CC(C2CC2)NCC1c1ccccc1. The summed E-state index contributed by atoms with van der Waals surface area (Å²) < 4.78 is 0. The highest BCUT2D eigenvalue weighted by molar-refractivity contribution is 5.20. The third kappa shape index (κ3) is 4.08. The molecule has 2 nitrogen and oxygen atoms in total. The molecule has 21 heavy (non-hydrogen) atoms. The van der Waals surface area contributed by atoms with Crippen LogP contribution in [0.3, 0.4) is 0 Å². The molecule has 1 N–H and O–H groups in total. The molecule has 1 aromatic rings. The van der Waals surface area contributed by atoms with Gasteiger partial charge in [0.1, 0.15) is 0 Å². The van der Waals surface area contributed by atoms with Crippen molar-refractivity contribution in [2.24, 2.45) is 11.3 Å². The van der Waals surface area contributed by atoms with Gasteiger partial charge in [0.15, 0.2) is 0 Å². The van der Waals surface area contributed by atoms with Crippen LogP contribution < -0.4 is 5.32 Å². The zero-order valence-electron chi connectivity index (χ0n) is 13.8. The Bertz CT molecular complexity index is 444. The maximum absolute atomic E-state index is 3.82. The fourth-order valence-electron chi connectivity index (χ4n) is 3.38. The van der Waals surface area contributed by atoms with Crippen molar-refractivity contribution in [2.75, 3.05) is 19.6 Å². The molecule has 0 amide bonds. The molecular weight excluding hydrogens is 256 g/mol. The molecule has 0 bridgehead atoms. The fraction of sp³-hybridized carbons (Fsp3) is 0.684. The first-order chi connectivity index (χ1) is 10.0. The van der Waals surface area contributed by atoms with Gasteiger partial charge in [0.05, 0.1) is 0 Å². The van der Waals surface area contributed by atoms with E-state index in [0.717, 1.165) is 18.5 Å². The number of piperazine rings is 1. The predicted octanol–water partition coefficient (Wildman–Crippen LogP) is 3.85. The minimum atomic E-state index is 0.418. The molecule has 2 unspecified atom stereocenters. The number of nitrogens with zero attached hydrogens (tertiary/aromatic N) is 1. The first kappa shape index (κ1) is 15.1. The zero-order valence-corrected chi connectivity index (χ0v) is 13.8. The Balaban J connectivity index is 1.70. The van der Waals surface area contributed by atoms with Crippen molar-refractivity contribution < 1.29 is 0 Å². The van der Waals surface area contributed by atoms with E-state index in [4.69, 9.17) is 0 Å². The second-order valence-electron chi connectivity index (χ2n) is 8.08. The van der Waals surface area contributed by atoms with E-state index < -0.39 is 0 Å². The Hall–Kier alpha value is -0.860. The predicted molar refractivity (Wildman–Crippen MR) is 89.3 cm³/mol. The Morgan fingerprint density at radius 2 is 1.86 bits per heavy atom. The Morgan fingerprint density at radius 3 is 2.48 bits per heavy atom. The average Bonchev–Trinajstić information content (AvgIpc) is 3.30. The third-order valence-corrected chi connectivity index (χ3v) is 4.97. The van der Waals surface area contributed by atoms with Gasteiger partial charge >= 0.3 is 0 Å². The maximum Gasteiger partial charge on any atom is 0.0473 e. The van der Waals surface area contributed by atoms with Gasteiger partial charge in [0.25, 0.3) is 0 Å². The monoisotopic (exact) mass is 286 g/mol. The average molecular weight is 286 g/mol. The van der Waals surface area contributed by atoms with Crippen molar-refractivity contribution in [3.63, 3.8) is 0 Å². The van der Waals surface area contributed by atoms with E-state index in [9.17, 15) is 0 Å². The van der Waals surface area contributed by atoms with Crippen LogP contribution >= 0.6 is 0 Å². The summed E-state index contributed by atoms with van der Waals surface area (Å²) in [4.78, 5) is 2.74. The summed E-state index contributed by atoms with van der Waals surface area (Å²) in [5, 5.41) is 3.82. The van der Waals surface area contributed by atoms with E-state index in [1.165, 1.54) is 37.9 Å². The van der Waals surface area contributed by atoms with Crippen LogP contribution in [0.15, 0.2) is 30.3 Å². The summed E-state index contributed by atoms with van der Waals surface area (Å²) in [6.45, 7) is 10.6. The molecule has 2 atom stereocenters. The van der Waals surface area contributed by atoms with Gasteiger partial charge < -0.3 is 5.32 Å². The number of hydrogen-bond acceptors (Lipinski definition) is 2. The molecule has 2 heteroatoms. The fourth-order valence-corrected chi connectivity index (χ4v) is 3.38. The molecule has 0 radical (unpaired) electrons. The molecule has 1 saturated heterocycles. The van der Waals surface area contributed by atoms with Crippen LogP contribution in [0.1, 0.15) is 51.6 Å². The minimum absolute atomic E-state index is 0.418. The lowest BCUT2D eigenvalue weighted by Crippen LogP contribution is -2.53. The zero-order chi connectivity index (χ0) is 14.9. The first-order valence-corrected chi connectivity index (χ1v) is 8.55. The van der Waals surface area contributed by atoms with Crippen LogP contribution in [0.2, 0.25) is 0 Å². The number of benzene rings is 1. The normalized spacial score (nSPS) is 27.8. The van der Waals surface area contributed by atoms with Gasteiger partial charge in [0, 0.05) is 25.2 Å². The summed E-state index contributed by atoms with van der Waals surface area (Å²) >= 11 is 0. The molecule has 2 fully saturated rings. The van der Waals surface area contributed by atoms with Crippen LogP contribution in [0.25, 0.3) is 0 Å². The molecular formula is C19H30N2. The minimum Gasteiger partial charge on any atom is -0.311 e. The van der Waals surface area contributed by atoms with E-state index in [-0.39, 0.29) is 0 Å². The number of rotatable bonds is 4. The highest BCUT2D eigenvalue weighted by Crippen LogP contribution is 2.36. The van der Waals surface area contributed by atoms with Crippen molar-refractivity contribution in [1.29, 1.82) is 0 Å². The molecule has 1 saturated carbocycles. The van der Waals surface area contributed by atoms with Gasteiger partial charge in [-0.2, -0.15) is 0 Å². The van der Waals surface area contributed by atoms with E-state index >= 15 is 0 Å². The van der Waals surface area contributed by atoms with Gasteiger partial charge in [0.2, 0.25) is 0 Å². The van der Waals surface area contributed by atoms with Crippen molar-refractivity contribution >= 4 is 0 Å². The molecule has 1 aromatic carbocycles. The van der Waals surface area contributed by atoms with E-state index in [0.29, 0.717) is 11.5 Å². The first-order valence-electron chi connectivity index (χ1n) is 8.55. The lowest BCUT2D eigenvalue weighted by molar-refractivity contribution is 0.108. The standard InChI is InChI=1S/C19H30N2/c1-19(2,3)11-12-21-14-17(15-9-10-15)20-13-18(21)16-7-5-4-6-8-16/h4-8,15,17-18,20H,9-14H2,1-3H3. The van der Waals surface area contributed by atoms with Crippen LogP contribution in [0, 0.1) is 11.3 Å². The molecule has 1 aliphatic heterocycles. The molecule has 0 aromatic heterocycles.